The Morgan fingerprint density at radius 2 is 1.72 bits per heavy atom. The first-order valence-electron chi connectivity index (χ1n) is 5.85. The number of ether oxygens (including phenoxy) is 1. The fourth-order valence-corrected chi connectivity index (χ4v) is 2.44. The van der Waals surface area contributed by atoms with Gasteiger partial charge in [-0.05, 0) is 41.1 Å². The lowest BCUT2D eigenvalue weighted by Gasteiger charge is -2.07. The Kier molecular flexibility index (Phi) is 4.15. The molecule has 0 spiro atoms. The number of hydrogen-bond donors (Lipinski definition) is 1. The van der Waals surface area contributed by atoms with Crippen LogP contribution in [0.4, 0.5) is 0 Å². The summed E-state index contributed by atoms with van der Waals surface area (Å²) >= 11 is 1.82. The summed E-state index contributed by atoms with van der Waals surface area (Å²) in [6.07, 6.45) is 0. The second-order valence-electron chi connectivity index (χ2n) is 3.84. The third-order valence-electron chi connectivity index (χ3n) is 2.68. The molecule has 3 heteroatoms. The predicted molar refractivity (Wildman–Crippen MR) is 76.5 cm³/mol. The van der Waals surface area contributed by atoms with Crippen LogP contribution in [0.1, 0.15) is 6.92 Å². The van der Waals surface area contributed by atoms with Gasteiger partial charge in [-0.25, -0.2) is 0 Å². The summed E-state index contributed by atoms with van der Waals surface area (Å²) in [5.74, 6) is 1.74. The number of methoxy groups -OCH3 is 1. The number of phenols is 1. The molecule has 0 saturated carbocycles. The molecule has 2 nitrogen and oxygen atoms in total. The van der Waals surface area contributed by atoms with E-state index < -0.39 is 0 Å². The molecular weight excluding hydrogens is 244 g/mol. The van der Waals surface area contributed by atoms with E-state index in [1.165, 1.54) is 4.90 Å². The Bertz CT molecular complexity index is 521. The van der Waals surface area contributed by atoms with Gasteiger partial charge in [0.1, 0.15) is 0 Å². The first-order chi connectivity index (χ1) is 8.74. The lowest BCUT2D eigenvalue weighted by molar-refractivity contribution is 0.373. The summed E-state index contributed by atoms with van der Waals surface area (Å²) in [5, 5.41) is 9.76. The minimum Gasteiger partial charge on any atom is -0.504 e. The second-order valence-corrected chi connectivity index (χ2v) is 5.18. The molecule has 0 radical (unpaired) electrons. The predicted octanol–water partition coefficient (Wildman–Crippen LogP) is 4.18. The maximum Gasteiger partial charge on any atom is 0.160 e. The highest BCUT2D eigenvalue weighted by Gasteiger charge is 2.04. The van der Waals surface area contributed by atoms with Crippen molar-refractivity contribution in [3.05, 3.63) is 42.5 Å². The number of phenolic OH excluding ortho intramolecular Hbond substituents is 1. The molecule has 0 heterocycles. The van der Waals surface area contributed by atoms with E-state index in [1.54, 1.807) is 19.2 Å². The van der Waals surface area contributed by atoms with Crippen molar-refractivity contribution in [3.8, 4) is 22.6 Å². The van der Waals surface area contributed by atoms with Crippen molar-refractivity contribution < 1.29 is 9.84 Å². The van der Waals surface area contributed by atoms with Crippen LogP contribution in [-0.2, 0) is 0 Å². The molecule has 1 N–H and O–H groups in total. The molecule has 2 aromatic rings. The van der Waals surface area contributed by atoms with Crippen LogP contribution in [-0.4, -0.2) is 18.0 Å². The van der Waals surface area contributed by atoms with Gasteiger partial charge in [-0.1, -0.05) is 25.1 Å². The maximum absolute atomic E-state index is 9.76. The summed E-state index contributed by atoms with van der Waals surface area (Å²) in [5.41, 5.74) is 2.08. The third kappa shape index (κ3) is 2.79. The summed E-state index contributed by atoms with van der Waals surface area (Å²) in [6.45, 7) is 2.14. The van der Waals surface area contributed by atoms with Crippen LogP contribution in [0.25, 0.3) is 11.1 Å². The lowest BCUT2D eigenvalue weighted by atomic mass is 10.1. The average molecular weight is 260 g/mol. The monoisotopic (exact) mass is 260 g/mol. The van der Waals surface area contributed by atoms with Gasteiger partial charge in [0.2, 0.25) is 0 Å². The van der Waals surface area contributed by atoms with E-state index in [4.69, 9.17) is 4.74 Å². The van der Waals surface area contributed by atoms with E-state index in [2.05, 4.69) is 31.2 Å². The maximum atomic E-state index is 9.76. The molecule has 0 atom stereocenters. The van der Waals surface area contributed by atoms with E-state index in [1.807, 2.05) is 17.8 Å². The van der Waals surface area contributed by atoms with Crippen molar-refractivity contribution in [2.24, 2.45) is 0 Å². The normalized spacial score (nSPS) is 10.3. The van der Waals surface area contributed by atoms with Crippen LogP contribution < -0.4 is 4.74 Å². The third-order valence-corrected chi connectivity index (χ3v) is 3.57. The Morgan fingerprint density at radius 1 is 1.06 bits per heavy atom. The van der Waals surface area contributed by atoms with Crippen LogP contribution in [0, 0.1) is 0 Å². The SMILES string of the molecule is CCSc1ccc(-c2ccc(OC)c(O)c2)cc1. The van der Waals surface area contributed by atoms with E-state index in [0.717, 1.165) is 16.9 Å². The summed E-state index contributed by atoms with van der Waals surface area (Å²) in [6, 6.07) is 13.8. The molecule has 0 aliphatic heterocycles. The molecule has 0 amide bonds. The summed E-state index contributed by atoms with van der Waals surface area (Å²) in [7, 11) is 1.55. The Labute approximate surface area is 112 Å². The van der Waals surface area contributed by atoms with Gasteiger partial charge in [0.05, 0.1) is 7.11 Å². The zero-order valence-electron chi connectivity index (χ0n) is 10.5. The van der Waals surface area contributed by atoms with Gasteiger partial charge in [-0.15, -0.1) is 11.8 Å². The average Bonchev–Trinajstić information content (AvgIpc) is 2.40. The zero-order valence-corrected chi connectivity index (χ0v) is 11.3. The van der Waals surface area contributed by atoms with E-state index >= 15 is 0 Å². The second kappa shape index (κ2) is 5.83. The molecule has 0 aliphatic carbocycles. The molecule has 94 valence electrons. The molecule has 0 aromatic heterocycles. The van der Waals surface area contributed by atoms with Crippen molar-refractivity contribution in [1.82, 2.24) is 0 Å². The van der Waals surface area contributed by atoms with Gasteiger partial charge in [0.25, 0.3) is 0 Å². The molecule has 0 bridgehead atoms. The van der Waals surface area contributed by atoms with Gasteiger partial charge in [-0.2, -0.15) is 0 Å². The zero-order chi connectivity index (χ0) is 13.0. The molecular formula is C15H16O2S. The van der Waals surface area contributed by atoms with Crippen molar-refractivity contribution >= 4 is 11.8 Å². The number of hydrogen-bond acceptors (Lipinski definition) is 3. The standard InChI is InChI=1S/C15H16O2S/c1-3-18-13-7-4-11(5-8-13)12-6-9-15(17-2)14(16)10-12/h4-10,16H,3H2,1-2H3. The number of thioether (sulfide) groups is 1. The molecule has 18 heavy (non-hydrogen) atoms. The Morgan fingerprint density at radius 3 is 2.28 bits per heavy atom. The summed E-state index contributed by atoms with van der Waals surface area (Å²) in [4.78, 5) is 1.26. The smallest absolute Gasteiger partial charge is 0.160 e. The minimum atomic E-state index is 0.169. The largest absolute Gasteiger partial charge is 0.504 e. The number of rotatable bonds is 4. The number of benzene rings is 2. The highest BCUT2D eigenvalue weighted by Crippen LogP contribution is 2.32. The minimum absolute atomic E-state index is 0.169. The van der Waals surface area contributed by atoms with E-state index in [9.17, 15) is 5.11 Å². The number of aromatic hydroxyl groups is 1. The quantitative estimate of drug-likeness (QED) is 0.836. The molecule has 0 fully saturated rings. The van der Waals surface area contributed by atoms with Gasteiger partial charge in [-0.3, -0.25) is 0 Å². The van der Waals surface area contributed by atoms with Crippen LogP contribution in [0.2, 0.25) is 0 Å². The molecule has 0 unspecified atom stereocenters. The first kappa shape index (κ1) is 12.8. The highest BCUT2D eigenvalue weighted by molar-refractivity contribution is 7.99. The molecule has 0 saturated heterocycles. The molecule has 2 aromatic carbocycles. The van der Waals surface area contributed by atoms with Crippen molar-refractivity contribution in [1.29, 1.82) is 0 Å². The van der Waals surface area contributed by atoms with Gasteiger partial charge in [0, 0.05) is 4.90 Å². The van der Waals surface area contributed by atoms with Crippen molar-refractivity contribution in [3.63, 3.8) is 0 Å². The van der Waals surface area contributed by atoms with Crippen LogP contribution >= 0.6 is 11.8 Å². The van der Waals surface area contributed by atoms with E-state index in [-0.39, 0.29) is 5.75 Å². The van der Waals surface area contributed by atoms with Gasteiger partial charge >= 0.3 is 0 Å². The molecule has 0 aliphatic rings. The summed E-state index contributed by atoms with van der Waals surface area (Å²) < 4.78 is 5.03. The topological polar surface area (TPSA) is 29.5 Å². The first-order valence-corrected chi connectivity index (χ1v) is 6.83. The van der Waals surface area contributed by atoms with Gasteiger partial charge < -0.3 is 9.84 Å². The van der Waals surface area contributed by atoms with Crippen LogP contribution in [0.15, 0.2) is 47.4 Å². The van der Waals surface area contributed by atoms with Crippen molar-refractivity contribution in [2.45, 2.75) is 11.8 Å². The van der Waals surface area contributed by atoms with Crippen LogP contribution in [0.3, 0.4) is 0 Å². The van der Waals surface area contributed by atoms with Crippen LogP contribution in [0.5, 0.6) is 11.5 Å². The molecule has 2 rings (SSSR count). The van der Waals surface area contributed by atoms with E-state index in [0.29, 0.717) is 5.75 Å². The highest BCUT2D eigenvalue weighted by atomic mass is 32.2. The Hall–Kier alpha value is -1.61. The lowest BCUT2D eigenvalue weighted by Crippen LogP contribution is -1.84. The fraction of sp³-hybridized carbons (Fsp3) is 0.200. The van der Waals surface area contributed by atoms with Gasteiger partial charge in [0.15, 0.2) is 11.5 Å². The fourth-order valence-electron chi connectivity index (χ4n) is 1.78. The van der Waals surface area contributed by atoms with Crippen molar-refractivity contribution in [2.75, 3.05) is 12.9 Å². The Balaban J connectivity index is 2.28.